The predicted molar refractivity (Wildman–Crippen MR) is 134 cm³/mol. The lowest BCUT2D eigenvalue weighted by Gasteiger charge is -2.26. The van der Waals surface area contributed by atoms with Crippen LogP contribution >= 0.6 is 11.3 Å². The van der Waals surface area contributed by atoms with E-state index in [1.165, 1.54) is 56.7 Å². The van der Waals surface area contributed by atoms with Crippen molar-refractivity contribution in [3.63, 3.8) is 0 Å². The molecule has 0 aliphatic carbocycles. The topological polar surface area (TPSA) is 80.0 Å². The normalized spacial score (nSPS) is 14.5. The summed E-state index contributed by atoms with van der Waals surface area (Å²) in [4.78, 5) is 18.9. The maximum absolute atomic E-state index is 11.1. The van der Waals surface area contributed by atoms with Gasteiger partial charge < -0.3 is 14.7 Å². The highest BCUT2D eigenvalue weighted by molar-refractivity contribution is 7.19. The molecule has 1 aliphatic rings. The molecule has 0 radical (unpaired) electrons. The summed E-state index contributed by atoms with van der Waals surface area (Å²) in [6, 6.07) is 14.8. The molecule has 1 aliphatic heterocycles. The molecule has 8 heteroatoms. The number of carboxylic acids is 1. The van der Waals surface area contributed by atoms with Crippen molar-refractivity contribution < 1.29 is 14.6 Å². The zero-order valence-electron chi connectivity index (χ0n) is 19.0. The van der Waals surface area contributed by atoms with Gasteiger partial charge in [-0.2, -0.15) is 5.10 Å². The summed E-state index contributed by atoms with van der Waals surface area (Å²) in [6.07, 6.45) is 8.08. The summed E-state index contributed by atoms with van der Waals surface area (Å²) >= 11 is 1.52. The lowest BCUT2D eigenvalue weighted by atomic mass is 10.1. The second-order valence-electron chi connectivity index (χ2n) is 8.61. The van der Waals surface area contributed by atoms with Crippen molar-refractivity contribution in [3.8, 4) is 27.6 Å². The summed E-state index contributed by atoms with van der Waals surface area (Å²) < 4.78 is 7.75. The third kappa shape index (κ3) is 5.13. The number of benzene rings is 2. The summed E-state index contributed by atoms with van der Waals surface area (Å²) in [5, 5.41) is 14.7. The third-order valence-corrected chi connectivity index (χ3v) is 7.17. The Morgan fingerprint density at radius 2 is 1.71 bits per heavy atom. The van der Waals surface area contributed by atoms with Gasteiger partial charge in [-0.1, -0.05) is 29.9 Å². The molecule has 5 rings (SSSR count). The number of carbonyl (C=O) groups is 1. The van der Waals surface area contributed by atoms with Crippen LogP contribution in [0.25, 0.3) is 26.8 Å². The second kappa shape index (κ2) is 10.4. The molecule has 1 fully saturated rings. The Labute approximate surface area is 202 Å². The molecule has 0 atom stereocenters. The fourth-order valence-electron chi connectivity index (χ4n) is 4.29. The average Bonchev–Trinajstić information content (AvgIpc) is 3.46. The smallest absolute Gasteiger partial charge is 0.335 e. The molecule has 0 saturated carbocycles. The van der Waals surface area contributed by atoms with Crippen LogP contribution in [-0.2, 0) is 0 Å². The van der Waals surface area contributed by atoms with Gasteiger partial charge in [0.2, 0.25) is 4.96 Å². The van der Waals surface area contributed by atoms with Crippen molar-refractivity contribution in [2.75, 3.05) is 26.2 Å². The largest absolute Gasteiger partial charge is 0.494 e. The molecular formula is C26H28N4O3S. The summed E-state index contributed by atoms with van der Waals surface area (Å²) in [5.41, 5.74) is 2.98. The number of hydrogen-bond acceptors (Lipinski definition) is 6. The molecule has 2 aromatic carbocycles. The van der Waals surface area contributed by atoms with Gasteiger partial charge in [-0.15, -0.1) is 0 Å². The van der Waals surface area contributed by atoms with Gasteiger partial charge in [-0.3, -0.25) is 0 Å². The summed E-state index contributed by atoms with van der Waals surface area (Å²) in [6.45, 7) is 4.42. The zero-order chi connectivity index (χ0) is 23.3. The maximum Gasteiger partial charge on any atom is 0.335 e. The molecule has 2 aromatic heterocycles. The Morgan fingerprint density at radius 1 is 0.971 bits per heavy atom. The van der Waals surface area contributed by atoms with Gasteiger partial charge in [-0.25, -0.2) is 14.3 Å². The van der Waals surface area contributed by atoms with Crippen LogP contribution in [0, 0.1) is 0 Å². The maximum atomic E-state index is 11.1. The van der Waals surface area contributed by atoms with Gasteiger partial charge in [0.25, 0.3) is 0 Å². The Morgan fingerprint density at radius 3 is 2.44 bits per heavy atom. The molecular weight excluding hydrogens is 448 g/mol. The number of likely N-dealkylation sites (tertiary alicyclic amines) is 1. The van der Waals surface area contributed by atoms with E-state index in [9.17, 15) is 4.79 Å². The van der Waals surface area contributed by atoms with E-state index in [1.807, 2.05) is 28.8 Å². The summed E-state index contributed by atoms with van der Waals surface area (Å²) in [7, 11) is 0. The number of imidazole rings is 1. The Bertz CT molecular complexity index is 1240. The van der Waals surface area contributed by atoms with E-state index in [2.05, 4.69) is 9.88 Å². The highest BCUT2D eigenvalue weighted by Gasteiger charge is 2.14. The van der Waals surface area contributed by atoms with Crippen LogP contribution in [0.4, 0.5) is 0 Å². The molecule has 1 N–H and O–H groups in total. The molecule has 0 bridgehead atoms. The monoisotopic (exact) mass is 476 g/mol. The average molecular weight is 477 g/mol. The SMILES string of the molecule is O=C(O)c1ccc(-c2cnc3sc(-c4ccc(OCCCCN5CCCCC5)cc4)nn23)cc1. The lowest BCUT2D eigenvalue weighted by Crippen LogP contribution is -2.30. The molecule has 1 saturated heterocycles. The number of hydrogen-bond donors (Lipinski definition) is 1. The number of unbranched alkanes of at least 4 members (excludes halogenated alkanes) is 1. The van der Waals surface area contributed by atoms with E-state index < -0.39 is 5.97 Å². The van der Waals surface area contributed by atoms with Crippen molar-refractivity contribution >= 4 is 22.3 Å². The predicted octanol–water partition coefficient (Wildman–Crippen LogP) is 5.47. The van der Waals surface area contributed by atoms with Crippen molar-refractivity contribution in [1.82, 2.24) is 19.5 Å². The van der Waals surface area contributed by atoms with Gasteiger partial charge in [0.1, 0.15) is 10.8 Å². The number of fused-ring (bicyclic) bond motifs is 1. The van der Waals surface area contributed by atoms with Gasteiger partial charge in [0, 0.05) is 11.1 Å². The molecule has 0 spiro atoms. The van der Waals surface area contributed by atoms with Crippen molar-refractivity contribution in [3.05, 3.63) is 60.3 Å². The minimum atomic E-state index is -0.939. The number of piperidine rings is 1. The van der Waals surface area contributed by atoms with E-state index in [0.717, 1.165) is 45.6 Å². The molecule has 0 unspecified atom stereocenters. The molecule has 176 valence electrons. The Balaban J connectivity index is 1.19. The van der Waals surface area contributed by atoms with Crippen LogP contribution in [0.1, 0.15) is 42.5 Å². The Kier molecular flexibility index (Phi) is 6.87. The quantitative estimate of drug-likeness (QED) is 0.323. The fraction of sp³-hybridized carbons (Fsp3) is 0.346. The molecule has 3 heterocycles. The number of rotatable bonds is 9. The number of aromatic nitrogens is 3. The highest BCUT2D eigenvalue weighted by atomic mass is 32.1. The van der Waals surface area contributed by atoms with Gasteiger partial charge >= 0.3 is 5.97 Å². The first-order chi connectivity index (χ1) is 16.7. The van der Waals surface area contributed by atoms with Crippen LogP contribution in [0.3, 0.4) is 0 Å². The summed E-state index contributed by atoms with van der Waals surface area (Å²) in [5.74, 6) is -0.0620. The number of nitrogens with zero attached hydrogens (tertiary/aromatic N) is 4. The van der Waals surface area contributed by atoms with Crippen molar-refractivity contribution in [2.45, 2.75) is 32.1 Å². The minimum absolute atomic E-state index is 0.257. The van der Waals surface area contributed by atoms with E-state index in [-0.39, 0.29) is 5.56 Å². The van der Waals surface area contributed by atoms with E-state index in [4.69, 9.17) is 14.9 Å². The fourth-order valence-corrected chi connectivity index (χ4v) is 5.17. The molecule has 34 heavy (non-hydrogen) atoms. The first kappa shape index (κ1) is 22.6. The van der Waals surface area contributed by atoms with Gasteiger partial charge in [-0.05, 0) is 81.7 Å². The van der Waals surface area contributed by atoms with E-state index >= 15 is 0 Å². The van der Waals surface area contributed by atoms with E-state index in [1.54, 1.807) is 30.5 Å². The molecule has 4 aromatic rings. The Hall–Kier alpha value is -3.23. The lowest BCUT2D eigenvalue weighted by molar-refractivity contribution is 0.0697. The molecule has 0 amide bonds. The minimum Gasteiger partial charge on any atom is -0.494 e. The number of ether oxygens (including phenoxy) is 1. The first-order valence-corrected chi connectivity index (χ1v) is 12.6. The zero-order valence-corrected chi connectivity index (χ0v) is 19.8. The van der Waals surface area contributed by atoms with Crippen molar-refractivity contribution in [2.24, 2.45) is 0 Å². The number of carboxylic acid groups (broad SMARTS) is 1. The van der Waals surface area contributed by atoms with Crippen LogP contribution in [0.2, 0.25) is 0 Å². The standard InChI is InChI=1S/C26H28N4O3S/c31-25(32)21-8-6-19(7-9-21)23-18-27-26-30(23)28-24(34-26)20-10-12-22(13-11-20)33-17-5-4-16-29-14-2-1-3-15-29/h6-13,18H,1-5,14-17H2,(H,31,32). The first-order valence-electron chi connectivity index (χ1n) is 11.8. The highest BCUT2D eigenvalue weighted by Crippen LogP contribution is 2.30. The van der Waals surface area contributed by atoms with Crippen LogP contribution < -0.4 is 4.74 Å². The van der Waals surface area contributed by atoms with Crippen LogP contribution in [0.15, 0.2) is 54.7 Å². The van der Waals surface area contributed by atoms with Gasteiger partial charge in [0.15, 0.2) is 0 Å². The van der Waals surface area contributed by atoms with Crippen LogP contribution in [-0.4, -0.2) is 56.8 Å². The second-order valence-corrected chi connectivity index (χ2v) is 9.57. The molecule has 7 nitrogen and oxygen atoms in total. The van der Waals surface area contributed by atoms with Crippen LogP contribution in [0.5, 0.6) is 5.75 Å². The van der Waals surface area contributed by atoms with Gasteiger partial charge in [0.05, 0.1) is 24.1 Å². The third-order valence-electron chi connectivity index (χ3n) is 6.20. The van der Waals surface area contributed by atoms with E-state index in [0.29, 0.717) is 0 Å². The number of aromatic carboxylic acids is 1. The van der Waals surface area contributed by atoms with Crippen molar-refractivity contribution in [1.29, 1.82) is 0 Å².